The maximum atomic E-state index is 13.8. The van der Waals surface area contributed by atoms with Crippen molar-refractivity contribution in [3.63, 3.8) is 0 Å². The molecule has 2 saturated heterocycles. The number of alkyl halides is 2. The Labute approximate surface area is 388 Å². The number of amides is 4. The predicted molar refractivity (Wildman–Crippen MR) is 235 cm³/mol. The van der Waals surface area contributed by atoms with Gasteiger partial charge in [0.25, 0.3) is 5.92 Å². The van der Waals surface area contributed by atoms with Crippen molar-refractivity contribution in [1.29, 1.82) is 0 Å². The summed E-state index contributed by atoms with van der Waals surface area (Å²) in [6.07, 6.45) is 9.40. The van der Waals surface area contributed by atoms with Gasteiger partial charge in [0.2, 0.25) is 17.7 Å². The number of allylic oxidation sites excluding steroid dienone is 1. The number of benzene rings is 1. The van der Waals surface area contributed by atoms with E-state index in [0.29, 0.717) is 48.8 Å². The quantitative estimate of drug-likeness (QED) is 0.106. The number of methoxy groups -OCH3 is 1. The summed E-state index contributed by atoms with van der Waals surface area (Å²) in [5.74, 6) is -4.01. The standard InChI is InChI=1S/C27H42F2N4O4S.C17H18N2O2S.Na/c1-3-5-6-7-10-21(24(35)31-38-20-12-13-20)30-25(36)22-11-8-16-33(22)26(37)19(4-2)17-23(34)32-15-9-14-27(28,29)18-32;1-9(2)13-8-22-17(19-13)12-7-14(20)11-5-6-15(21-4)10(3)16(11)18-12;/h6-7,19-22H,3-5,8-18H2,1-2H3,(H2,30,31,35,36);5-9H,1-4H3,(H,18,20);/q;;+1/p-1/b7-6-;;/t19-,21?,22?;;/m1../s1. The molecule has 4 heterocycles. The number of ether oxygens (including phenoxy) is 1. The van der Waals surface area contributed by atoms with Crippen LogP contribution in [-0.2, 0) is 19.2 Å². The number of carbonyl (C=O) groups is 4. The Balaban J connectivity index is 0.000000301. The van der Waals surface area contributed by atoms with Crippen LogP contribution < -0.4 is 45.0 Å². The Bertz CT molecular complexity index is 2070. The fourth-order valence-electron chi connectivity index (χ4n) is 7.28. The van der Waals surface area contributed by atoms with Crippen molar-refractivity contribution in [2.24, 2.45) is 5.92 Å². The summed E-state index contributed by atoms with van der Waals surface area (Å²) in [6.45, 7) is 10.0. The van der Waals surface area contributed by atoms with Gasteiger partial charge in [0.15, 0.2) is 5.43 Å². The molecule has 2 unspecified atom stereocenters. The maximum Gasteiger partial charge on any atom is 1.00 e. The Hall–Kier alpha value is -3.31. The van der Waals surface area contributed by atoms with E-state index in [9.17, 15) is 32.8 Å². The number of halogens is 2. The summed E-state index contributed by atoms with van der Waals surface area (Å²) >= 11 is 2.82. The smallest absolute Gasteiger partial charge is 0.598 e. The first kappa shape index (κ1) is 50.3. The molecule has 6 rings (SSSR count). The van der Waals surface area contributed by atoms with Crippen molar-refractivity contribution in [1.82, 2.24) is 25.1 Å². The number of carbonyl (C=O) groups excluding carboxylic acids is 4. The van der Waals surface area contributed by atoms with Gasteiger partial charge in [-0.05, 0) is 81.6 Å². The molecule has 3 aromatic rings. The first-order valence-corrected chi connectivity index (χ1v) is 22.9. The first-order valence-electron chi connectivity index (χ1n) is 21.1. The van der Waals surface area contributed by atoms with Gasteiger partial charge >= 0.3 is 29.6 Å². The van der Waals surface area contributed by atoms with E-state index in [1.54, 1.807) is 37.5 Å². The molecule has 4 amide bonds. The number of hydrogen-bond acceptors (Lipinski definition) is 9. The Morgan fingerprint density at radius 1 is 1.13 bits per heavy atom. The second-order valence-electron chi connectivity index (χ2n) is 16.2. The molecule has 0 spiro atoms. The molecule has 1 aromatic carbocycles. The maximum absolute atomic E-state index is 13.8. The number of fused-ring (bicyclic) bond motifs is 1. The van der Waals surface area contributed by atoms with E-state index in [-0.39, 0.29) is 72.6 Å². The molecule has 2 aliphatic heterocycles. The van der Waals surface area contributed by atoms with Crippen LogP contribution in [0, 0.1) is 12.8 Å². The summed E-state index contributed by atoms with van der Waals surface area (Å²) < 4.78 is 37.0. The van der Waals surface area contributed by atoms with Crippen molar-refractivity contribution < 1.29 is 62.3 Å². The van der Waals surface area contributed by atoms with Crippen LogP contribution in [0.2, 0.25) is 0 Å². The second kappa shape index (κ2) is 23.4. The second-order valence-corrected chi connectivity index (χ2v) is 18.1. The number of aryl methyl sites for hydroxylation is 1. The van der Waals surface area contributed by atoms with Crippen molar-refractivity contribution in [2.75, 3.05) is 26.7 Å². The van der Waals surface area contributed by atoms with Crippen molar-refractivity contribution in [3.8, 4) is 16.5 Å². The van der Waals surface area contributed by atoms with Gasteiger partial charge < -0.3 is 34.4 Å². The van der Waals surface area contributed by atoms with E-state index in [4.69, 9.17) is 4.74 Å². The average molecular weight is 893 g/mol. The van der Waals surface area contributed by atoms with E-state index in [2.05, 4.69) is 40.8 Å². The van der Waals surface area contributed by atoms with Crippen LogP contribution in [0.4, 0.5) is 8.78 Å². The zero-order valence-corrected chi connectivity index (χ0v) is 40.2. The number of pyridine rings is 1. The molecule has 12 nitrogen and oxygen atoms in total. The number of unbranched alkanes of at least 4 members (excludes halogenated alkanes) is 1. The third-order valence-corrected chi connectivity index (χ3v) is 13.0. The van der Waals surface area contributed by atoms with Gasteiger partial charge in [-0.25, -0.2) is 13.8 Å². The van der Waals surface area contributed by atoms with E-state index in [0.717, 1.165) is 63.8 Å². The number of piperidine rings is 1. The number of aromatic nitrogens is 2. The summed E-state index contributed by atoms with van der Waals surface area (Å²) in [5.41, 5.74) is 3.53. The predicted octanol–water partition coefficient (Wildman–Crippen LogP) is 5.69. The summed E-state index contributed by atoms with van der Waals surface area (Å²) in [7, 11) is 1.63. The van der Waals surface area contributed by atoms with Crippen molar-refractivity contribution >= 4 is 57.8 Å². The fraction of sp³-hybridized carbons (Fsp3) is 0.591. The van der Waals surface area contributed by atoms with E-state index < -0.39 is 42.3 Å². The minimum absolute atomic E-state index is 0. The number of nitrogens with one attached hydrogen (secondary N) is 2. The summed E-state index contributed by atoms with van der Waals surface area (Å²) in [4.78, 5) is 75.2. The third kappa shape index (κ3) is 13.8. The molecule has 0 bridgehead atoms. The van der Waals surface area contributed by atoms with Crippen LogP contribution in [0.1, 0.15) is 115 Å². The SMILES string of the molecule is CCC/C=C\CC(NC(=O)C1CCCN1C(=O)[C@H](CC)CC(=O)N1CCCC(F)(F)C1)C(=O)[N-]SC1CC1.COc1ccc2c(=O)cc(-c3nc(C(C)C)cs3)[nH]c2c1C.[Na+]. The van der Waals surface area contributed by atoms with Crippen molar-refractivity contribution in [3.05, 3.63) is 61.9 Å². The Kier molecular flexibility index (Phi) is 19.3. The number of nitrogens with zero attached hydrogens (tertiary/aromatic N) is 4. The Morgan fingerprint density at radius 2 is 1.89 bits per heavy atom. The minimum Gasteiger partial charge on any atom is -0.598 e. The molecule has 3 atom stereocenters. The van der Waals surface area contributed by atoms with E-state index in [1.165, 1.54) is 16.8 Å². The molecule has 0 radical (unpaired) electrons. The fourth-order valence-corrected chi connectivity index (χ4v) is 8.96. The monoisotopic (exact) mass is 892 g/mol. The Morgan fingerprint density at radius 3 is 2.52 bits per heavy atom. The molecule has 61 heavy (non-hydrogen) atoms. The molecule has 17 heteroatoms. The summed E-state index contributed by atoms with van der Waals surface area (Å²) in [5, 5.41) is 6.75. The molecule has 2 N–H and O–H groups in total. The van der Waals surface area contributed by atoms with Crippen LogP contribution >= 0.6 is 23.3 Å². The minimum atomic E-state index is -2.90. The van der Waals surface area contributed by atoms with Crippen LogP contribution in [0.15, 0.2) is 40.5 Å². The number of hydrogen-bond donors (Lipinski definition) is 2. The van der Waals surface area contributed by atoms with Gasteiger partial charge in [0.1, 0.15) is 16.8 Å². The third-order valence-electron chi connectivity index (χ3n) is 11.1. The van der Waals surface area contributed by atoms with Crippen molar-refractivity contribution in [2.45, 2.75) is 134 Å². The van der Waals surface area contributed by atoms with Crippen LogP contribution in [0.3, 0.4) is 0 Å². The van der Waals surface area contributed by atoms with E-state index >= 15 is 0 Å². The largest absolute Gasteiger partial charge is 1.00 e. The average Bonchev–Trinajstić information content (AvgIpc) is 3.67. The number of likely N-dealkylation sites (tertiary alicyclic amines) is 2. The zero-order chi connectivity index (χ0) is 43.6. The number of H-pyrrole nitrogens is 1. The summed E-state index contributed by atoms with van der Waals surface area (Å²) in [6, 6.07) is 3.70. The van der Waals surface area contributed by atoms with Gasteiger partial charge in [0.05, 0.1) is 42.5 Å². The number of thiazole rings is 1. The topological polar surface area (TPSA) is 156 Å². The number of rotatable bonds is 16. The van der Waals surface area contributed by atoms with Gasteiger partial charge in [-0.2, -0.15) is 0 Å². The molecule has 1 saturated carbocycles. The molecule has 328 valence electrons. The van der Waals surface area contributed by atoms with Crippen LogP contribution in [0.25, 0.3) is 26.3 Å². The molecule has 1 aliphatic carbocycles. The molecular weight excluding hydrogens is 834 g/mol. The first-order chi connectivity index (χ1) is 28.7. The zero-order valence-electron chi connectivity index (χ0n) is 36.6. The molecule has 3 aliphatic rings. The van der Waals surface area contributed by atoms with Crippen LogP contribution in [-0.4, -0.2) is 93.4 Å². The normalized spacial score (nSPS) is 18.3. The van der Waals surface area contributed by atoms with Gasteiger partial charge in [-0.15, -0.1) is 11.3 Å². The van der Waals surface area contributed by atoms with E-state index in [1.807, 2.05) is 30.5 Å². The van der Waals surface area contributed by atoms with Gasteiger partial charge in [-0.1, -0.05) is 46.3 Å². The van der Waals surface area contributed by atoms with Gasteiger partial charge in [0, 0.05) is 54.2 Å². The molecule has 3 fully saturated rings. The molecular formula is C44H59F2N6NaO6S2. The number of aromatic amines is 1. The van der Waals surface area contributed by atoms with Crippen LogP contribution in [0.5, 0.6) is 5.75 Å². The molecule has 2 aromatic heterocycles. The van der Waals surface area contributed by atoms with Gasteiger partial charge in [-0.3, -0.25) is 31.1 Å².